The first-order valence-electron chi connectivity index (χ1n) is 5.13. The summed E-state index contributed by atoms with van der Waals surface area (Å²) in [7, 11) is 1.65. The van der Waals surface area contributed by atoms with Gasteiger partial charge < -0.3 is 4.74 Å². The van der Waals surface area contributed by atoms with Crippen molar-refractivity contribution in [3.63, 3.8) is 0 Å². The summed E-state index contributed by atoms with van der Waals surface area (Å²) in [6, 6.07) is 5.82. The van der Waals surface area contributed by atoms with Gasteiger partial charge in [0, 0.05) is 9.99 Å². The minimum absolute atomic E-state index is 0.187. The van der Waals surface area contributed by atoms with Crippen LogP contribution in [0.15, 0.2) is 23.8 Å². The van der Waals surface area contributed by atoms with Crippen molar-refractivity contribution in [2.75, 3.05) is 7.11 Å². The number of benzene rings is 1. The number of ether oxygens (including phenoxy) is 1. The van der Waals surface area contributed by atoms with E-state index in [9.17, 15) is 4.79 Å². The van der Waals surface area contributed by atoms with Gasteiger partial charge in [-0.3, -0.25) is 4.79 Å². The van der Waals surface area contributed by atoms with Crippen LogP contribution in [0.3, 0.4) is 0 Å². The summed E-state index contributed by atoms with van der Waals surface area (Å²) in [6.07, 6.45) is 2.47. The summed E-state index contributed by atoms with van der Waals surface area (Å²) in [5, 5.41) is 0. The maximum Gasteiger partial charge on any atom is 0.158 e. The molecule has 0 saturated heterocycles. The maximum absolute atomic E-state index is 11.5. The fourth-order valence-corrected chi connectivity index (χ4v) is 1.99. The predicted octanol–water partition coefficient (Wildman–Crippen LogP) is 3.68. The highest BCUT2D eigenvalue weighted by atomic mass is 127. The lowest BCUT2D eigenvalue weighted by Crippen LogP contribution is -1.96. The van der Waals surface area contributed by atoms with E-state index >= 15 is 0 Å². The van der Waals surface area contributed by atoms with E-state index in [1.807, 2.05) is 38.1 Å². The minimum Gasteiger partial charge on any atom is -0.497 e. The van der Waals surface area contributed by atoms with Crippen molar-refractivity contribution in [2.45, 2.75) is 20.3 Å². The molecule has 2 nitrogen and oxygen atoms in total. The smallest absolute Gasteiger partial charge is 0.158 e. The van der Waals surface area contributed by atoms with Gasteiger partial charge in [-0.05, 0) is 58.9 Å². The number of hydrogen-bond acceptors (Lipinski definition) is 2. The van der Waals surface area contributed by atoms with E-state index in [1.165, 1.54) is 0 Å². The molecular formula is C13H15IO2. The Morgan fingerprint density at radius 3 is 2.69 bits per heavy atom. The molecule has 0 radical (unpaired) electrons. The fourth-order valence-electron chi connectivity index (χ4n) is 1.34. The van der Waals surface area contributed by atoms with E-state index in [2.05, 4.69) is 22.6 Å². The SMILES string of the molecule is CCC(=O)C(C)=Cc1ccc(OC)cc1I. The van der Waals surface area contributed by atoms with Gasteiger partial charge >= 0.3 is 0 Å². The molecule has 1 rings (SSSR count). The maximum atomic E-state index is 11.5. The van der Waals surface area contributed by atoms with E-state index in [0.29, 0.717) is 6.42 Å². The average molecular weight is 330 g/mol. The topological polar surface area (TPSA) is 26.3 Å². The van der Waals surface area contributed by atoms with Crippen molar-refractivity contribution in [3.8, 4) is 5.75 Å². The van der Waals surface area contributed by atoms with Gasteiger partial charge in [0.05, 0.1) is 7.11 Å². The van der Waals surface area contributed by atoms with Gasteiger partial charge in [-0.25, -0.2) is 0 Å². The molecule has 0 spiro atoms. The second kappa shape index (κ2) is 6.03. The third kappa shape index (κ3) is 3.33. The molecular weight excluding hydrogens is 315 g/mol. The summed E-state index contributed by atoms with van der Waals surface area (Å²) < 4.78 is 6.21. The quantitative estimate of drug-likeness (QED) is 0.622. The van der Waals surface area contributed by atoms with Crippen LogP contribution in [0.5, 0.6) is 5.75 Å². The lowest BCUT2D eigenvalue weighted by atomic mass is 10.1. The molecule has 0 heterocycles. The number of halogens is 1. The molecule has 0 N–H and O–H groups in total. The Morgan fingerprint density at radius 1 is 1.50 bits per heavy atom. The van der Waals surface area contributed by atoms with Crippen LogP contribution in [0.2, 0.25) is 0 Å². The summed E-state index contributed by atoms with van der Waals surface area (Å²) in [6.45, 7) is 3.73. The highest BCUT2D eigenvalue weighted by Crippen LogP contribution is 2.21. The van der Waals surface area contributed by atoms with Crippen molar-refractivity contribution >= 4 is 34.5 Å². The molecule has 0 bridgehead atoms. The third-order valence-electron chi connectivity index (χ3n) is 2.34. The van der Waals surface area contributed by atoms with Crippen LogP contribution in [0.1, 0.15) is 25.8 Å². The van der Waals surface area contributed by atoms with E-state index in [4.69, 9.17) is 4.74 Å². The first-order chi connectivity index (χ1) is 7.58. The number of ketones is 1. The minimum atomic E-state index is 0.187. The number of methoxy groups -OCH3 is 1. The molecule has 16 heavy (non-hydrogen) atoms. The lowest BCUT2D eigenvalue weighted by molar-refractivity contribution is -0.115. The summed E-state index contributed by atoms with van der Waals surface area (Å²) >= 11 is 2.24. The van der Waals surface area contributed by atoms with Gasteiger partial charge in [-0.1, -0.05) is 13.0 Å². The zero-order valence-electron chi connectivity index (χ0n) is 9.71. The van der Waals surface area contributed by atoms with Crippen LogP contribution >= 0.6 is 22.6 Å². The highest BCUT2D eigenvalue weighted by Gasteiger charge is 2.04. The van der Waals surface area contributed by atoms with Crippen molar-refractivity contribution in [1.82, 2.24) is 0 Å². The lowest BCUT2D eigenvalue weighted by Gasteiger charge is -2.04. The molecule has 0 amide bonds. The molecule has 0 aliphatic heterocycles. The van der Waals surface area contributed by atoms with Crippen LogP contribution in [-0.2, 0) is 4.79 Å². The number of Topliss-reactive ketones (excluding diaryl/α,β-unsaturated/α-hetero) is 1. The Bertz CT molecular complexity index is 422. The number of carbonyl (C=O) groups is 1. The molecule has 86 valence electrons. The van der Waals surface area contributed by atoms with E-state index in [-0.39, 0.29) is 5.78 Å². The third-order valence-corrected chi connectivity index (χ3v) is 3.27. The molecule has 0 aromatic heterocycles. The largest absolute Gasteiger partial charge is 0.497 e. The Kier molecular flexibility index (Phi) is 4.99. The molecule has 1 aromatic rings. The van der Waals surface area contributed by atoms with Crippen LogP contribution in [0.25, 0.3) is 6.08 Å². The fraction of sp³-hybridized carbons (Fsp3) is 0.308. The second-order valence-electron chi connectivity index (χ2n) is 3.49. The Morgan fingerprint density at radius 2 is 2.19 bits per heavy atom. The average Bonchev–Trinajstić information content (AvgIpc) is 2.30. The zero-order valence-corrected chi connectivity index (χ0v) is 11.9. The van der Waals surface area contributed by atoms with Gasteiger partial charge in [0.1, 0.15) is 5.75 Å². The zero-order chi connectivity index (χ0) is 12.1. The Hall–Kier alpha value is -0.840. The molecule has 0 aliphatic rings. The molecule has 0 fully saturated rings. The van der Waals surface area contributed by atoms with Crippen molar-refractivity contribution < 1.29 is 9.53 Å². The van der Waals surface area contributed by atoms with E-state index < -0.39 is 0 Å². The predicted molar refractivity (Wildman–Crippen MR) is 74.7 cm³/mol. The monoisotopic (exact) mass is 330 g/mol. The first-order valence-corrected chi connectivity index (χ1v) is 6.21. The molecule has 0 saturated carbocycles. The van der Waals surface area contributed by atoms with E-state index in [0.717, 1.165) is 20.5 Å². The van der Waals surface area contributed by atoms with Crippen molar-refractivity contribution in [3.05, 3.63) is 32.9 Å². The van der Waals surface area contributed by atoms with Gasteiger partial charge in [0.15, 0.2) is 5.78 Å². The number of hydrogen-bond donors (Lipinski definition) is 0. The summed E-state index contributed by atoms with van der Waals surface area (Å²) in [4.78, 5) is 11.5. The van der Waals surface area contributed by atoms with Crippen LogP contribution < -0.4 is 4.74 Å². The Labute approximate surface area is 110 Å². The van der Waals surface area contributed by atoms with Crippen molar-refractivity contribution in [2.24, 2.45) is 0 Å². The summed E-state index contributed by atoms with van der Waals surface area (Å²) in [5.41, 5.74) is 1.85. The van der Waals surface area contributed by atoms with Gasteiger partial charge in [0.25, 0.3) is 0 Å². The molecule has 3 heteroatoms. The van der Waals surface area contributed by atoms with Crippen LogP contribution in [0.4, 0.5) is 0 Å². The molecule has 0 unspecified atom stereocenters. The normalized spacial score (nSPS) is 11.4. The molecule has 0 aliphatic carbocycles. The molecule has 0 atom stereocenters. The van der Waals surface area contributed by atoms with Crippen molar-refractivity contribution in [1.29, 1.82) is 0 Å². The standard InChI is InChI=1S/C13H15IO2/c1-4-13(15)9(2)7-10-5-6-11(16-3)8-12(10)14/h5-8H,4H2,1-3H3. The summed E-state index contributed by atoms with van der Waals surface area (Å²) in [5.74, 6) is 1.02. The first kappa shape index (κ1) is 13.2. The van der Waals surface area contributed by atoms with Gasteiger partial charge in [0.2, 0.25) is 0 Å². The Balaban J connectivity index is 3.02. The number of carbonyl (C=O) groups excluding carboxylic acids is 1. The number of allylic oxidation sites excluding steroid dienone is 1. The van der Waals surface area contributed by atoms with Gasteiger partial charge in [-0.15, -0.1) is 0 Å². The molecule has 1 aromatic carbocycles. The van der Waals surface area contributed by atoms with Crippen LogP contribution in [0, 0.1) is 3.57 Å². The second-order valence-corrected chi connectivity index (χ2v) is 4.65. The van der Waals surface area contributed by atoms with E-state index in [1.54, 1.807) is 7.11 Å². The number of rotatable bonds is 4. The highest BCUT2D eigenvalue weighted by molar-refractivity contribution is 14.1. The van der Waals surface area contributed by atoms with Gasteiger partial charge in [-0.2, -0.15) is 0 Å². The van der Waals surface area contributed by atoms with Crippen LogP contribution in [-0.4, -0.2) is 12.9 Å².